The molecule has 9 nitrogen and oxygen atoms in total. The number of benzene rings is 1. The Morgan fingerprint density at radius 1 is 1.04 bits per heavy atom. The smallest absolute Gasteiger partial charge is 0.322 e. The van der Waals surface area contributed by atoms with Gasteiger partial charge in [-0.25, -0.2) is 4.79 Å². The van der Waals surface area contributed by atoms with Crippen molar-refractivity contribution in [2.24, 2.45) is 5.92 Å². The largest absolute Gasteiger partial charge is 0.480 e. The first-order chi connectivity index (χ1) is 12.7. The lowest BCUT2D eigenvalue weighted by Crippen LogP contribution is -2.50. The monoisotopic (exact) mass is 398 g/mol. The fourth-order valence-electron chi connectivity index (χ4n) is 2.09. The van der Waals surface area contributed by atoms with Crippen molar-refractivity contribution in [2.45, 2.75) is 26.3 Å². The van der Waals surface area contributed by atoms with Crippen LogP contribution in [-0.2, 0) is 14.4 Å². The van der Waals surface area contributed by atoms with Crippen LogP contribution in [0.3, 0.4) is 0 Å². The second-order valence-electron chi connectivity index (χ2n) is 6.18. The number of hydrogen-bond acceptors (Lipinski definition) is 4. The topological polar surface area (TPSA) is 137 Å². The van der Waals surface area contributed by atoms with E-state index in [9.17, 15) is 19.2 Å². The summed E-state index contributed by atoms with van der Waals surface area (Å²) in [4.78, 5) is 46.3. The van der Waals surface area contributed by atoms with Crippen LogP contribution in [0.1, 0.15) is 20.3 Å². The summed E-state index contributed by atoms with van der Waals surface area (Å²) in [5, 5.41) is 18.7. The van der Waals surface area contributed by atoms with Crippen LogP contribution in [-0.4, -0.2) is 48.1 Å². The number of nitrogens with one attached hydrogen (secondary N) is 4. The standard InChI is InChI=1S/C17H23ClN4O5/c1-10(2)7-13(16(26)20-8-14(23)19-9-15(24)25)22-17(27)21-12-5-3-11(18)4-6-12/h3-6,10,13H,7-9H2,1-2H3,(H,19,23)(H,20,26)(H,24,25)(H2,21,22,27). The summed E-state index contributed by atoms with van der Waals surface area (Å²) in [6.07, 6.45) is 0.358. The fraction of sp³-hybridized carbons (Fsp3) is 0.412. The number of rotatable bonds is 9. The minimum Gasteiger partial charge on any atom is -0.480 e. The van der Waals surface area contributed by atoms with Crippen molar-refractivity contribution in [3.05, 3.63) is 29.3 Å². The zero-order valence-electron chi connectivity index (χ0n) is 15.0. The number of carboxylic acids is 1. The normalized spacial score (nSPS) is 11.4. The van der Waals surface area contributed by atoms with Gasteiger partial charge in [0.05, 0.1) is 6.54 Å². The van der Waals surface area contributed by atoms with E-state index in [1.807, 2.05) is 13.8 Å². The van der Waals surface area contributed by atoms with Gasteiger partial charge in [0.25, 0.3) is 0 Å². The molecule has 4 amide bonds. The summed E-state index contributed by atoms with van der Waals surface area (Å²) in [7, 11) is 0. The number of aliphatic carboxylic acids is 1. The molecule has 1 aromatic carbocycles. The van der Waals surface area contributed by atoms with Gasteiger partial charge in [-0.2, -0.15) is 0 Å². The van der Waals surface area contributed by atoms with Crippen molar-refractivity contribution in [3.63, 3.8) is 0 Å². The minimum absolute atomic E-state index is 0.109. The predicted molar refractivity (Wildman–Crippen MR) is 101 cm³/mol. The van der Waals surface area contributed by atoms with Gasteiger partial charge in [0.15, 0.2) is 0 Å². The Bertz CT molecular complexity index is 678. The summed E-state index contributed by atoms with van der Waals surface area (Å²) >= 11 is 5.78. The molecule has 0 saturated heterocycles. The summed E-state index contributed by atoms with van der Waals surface area (Å²) < 4.78 is 0. The van der Waals surface area contributed by atoms with Gasteiger partial charge < -0.3 is 26.4 Å². The van der Waals surface area contributed by atoms with Crippen LogP contribution < -0.4 is 21.3 Å². The number of urea groups is 1. The van der Waals surface area contributed by atoms with Gasteiger partial charge in [-0.15, -0.1) is 0 Å². The first-order valence-corrected chi connectivity index (χ1v) is 8.64. The predicted octanol–water partition coefficient (Wildman–Crippen LogP) is 1.19. The molecule has 0 aliphatic carbocycles. The summed E-state index contributed by atoms with van der Waals surface area (Å²) in [6.45, 7) is 2.85. The second kappa shape index (κ2) is 11.0. The first kappa shape index (κ1) is 22.2. The van der Waals surface area contributed by atoms with Crippen molar-refractivity contribution in [3.8, 4) is 0 Å². The van der Waals surface area contributed by atoms with Gasteiger partial charge in [-0.3, -0.25) is 14.4 Å². The third-order valence-electron chi connectivity index (χ3n) is 3.29. The molecule has 0 saturated carbocycles. The summed E-state index contributed by atoms with van der Waals surface area (Å²) in [6, 6.07) is 5.03. The van der Waals surface area contributed by atoms with E-state index in [-0.39, 0.29) is 12.5 Å². The Labute approximate surface area is 161 Å². The fourth-order valence-corrected chi connectivity index (χ4v) is 2.21. The van der Waals surface area contributed by atoms with E-state index >= 15 is 0 Å². The molecule has 5 N–H and O–H groups in total. The maximum atomic E-state index is 12.3. The molecule has 1 unspecified atom stereocenters. The highest BCUT2D eigenvalue weighted by Gasteiger charge is 2.22. The molecular weight excluding hydrogens is 376 g/mol. The molecule has 0 spiro atoms. The number of carbonyl (C=O) groups is 4. The third-order valence-corrected chi connectivity index (χ3v) is 3.54. The number of anilines is 1. The van der Waals surface area contributed by atoms with Crippen LogP contribution in [0, 0.1) is 5.92 Å². The quantitative estimate of drug-likeness (QED) is 0.425. The number of carboxylic acid groups (broad SMARTS) is 1. The lowest BCUT2D eigenvalue weighted by molar-refractivity contribution is -0.137. The highest BCUT2D eigenvalue weighted by Crippen LogP contribution is 2.13. The summed E-state index contributed by atoms with van der Waals surface area (Å²) in [5.41, 5.74) is 0.508. The van der Waals surface area contributed by atoms with Crippen LogP contribution >= 0.6 is 11.6 Å². The van der Waals surface area contributed by atoms with Crippen molar-refractivity contribution in [1.82, 2.24) is 16.0 Å². The van der Waals surface area contributed by atoms with Crippen molar-refractivity contribution in [1.29, 1.82) is 0 Å². The molecule has 27 heavy (non-hydrogen) atoms. The lowest BCUT2D eigenvalue weighted by Gasteiger charge is -2.20. The molecule has 0 aromatic heterocycles. The SMILES string of the molecule is CC(C)CC(NC(=O)Nc1ccc(Cl)cc1)C(=O)NCC(=O)NCC(=O)O. The van der Waals surface area contributed by atoms with Gasteiger partial charge in [-0.1, -0.05) is 25.4 Å². The van der Waals surface area contributed by atoms with Gasteiger partial charge in [0, 0.05) is 10.7 Å². The maximum Gasteiger partial charge on any atom is 0.322 e. The Hall–Kier alpha value is -2.81. The van der Waals surface area contributed by atoms with Crippen LogP contribution in [0.4, 0.5) is 10.5 Å². The first-order valence-electron chi connectivity index (χ1n) is 8.26. The molecule has 148 valence electrons. The molecular formula is C17H23ClN4O5. The van der Waals surface area contributed by atoms with Crippen LogP contribution in [0.5, 0.6) is 0 Å². The number of halogens is 1. The van der Waals surface area contributed by atoms with Gasteiger partial charge in [0.1, 0.15) is 12.6 Å². The Morgan fingerprint density at radius 3 is 2.22 bits per heavy atom. The number of carbonyl (C=O) groups excluding carboxylic acids is 3. The molecule has 0 heterocycles. The molecule has 1 atom stereocenters. The average Bonchev–Trinajstić information content (AvgIpc) is 2.58. The van der Waals surface area contributed by atoms with E-state index in [1.165, 1.54) is 0 Å². The van der Waals surface area contributed by atoms with Crippen LogP contribution in [0.25, 0.3) is 0 Å². The molecule has 0 aliphatic heterocycles. The second-order valence-corrected chi connectivity index (χ2v) is 6.61. The van der Waals surface area contributed by atoms with Gasteiger partial charge in [0.2, 0.25) is 11.8 Å². The van der Waals surface area contributed by atoms with Gasteiger partial charge >= 0.3 is 12.0 Å². The van der Waals surface area contributed by atoms with E-state index in [1.54, 1.807) is 24.3 Å². The molecule has 1 rings (SSSR count). The Morgan fingerprint density at radius 2 is 1.67 bits per heavy atom. The molecule has 1 aromatic rings. The molecule has 0 aliphatic rings. The Kier molecular flexibility index (Phi) is 9.07. The van der Waals surface area contributed by atoms with Crippen molar-refractivity contribution in [2.75, 3.05) is 18.4 Å². The molecule has 0 fully saturated rings. The lowest BCUT2D eigenvalue weighted by atomic mass is 10.0. The van der Waals surface area contributed by atoms with E-state index in [0.29, 0.717) is 17.1 Å². The Balaban J connectivity index is 2.58. The highest BCUT2D eigenvalue weighted by atomic mass is 35.5. The van der Waals surface area contributed by atoms with E-state index in [0.717, 1.165) is 0 Å². The highest BCUT2D eigenvalue weighted by molar-refractivity contribution is 6.30. The molecule has 0 bridgehead atoms. The molecule has 10 heteroatoms. The van der Waals surface area contributed by atoms with Crippen LogP contribution in [0.2, 0.25) is 5.02 Å². The average molecular weight is 399 g/mol. The number of hydrogen-bond donors (Lipinski definition) is 5. The van der Waals surface area contributed by atoms with Crippen molar-refractivity contribution >= 4 is 41.1 Å². The molecule has 0 radical (unpaired) electrons. The zero-order chi connectivity index (χ0) is 20.4. The number of amides is 4. The zero-order valence-corrected chi connectivity index (χ0v) is 15.8. The van der Waals surface area contributed by atoms with Crippen LogP contribution in [0.15, 0.2) is 24.3 Å². The van der Waals surface area contributed by atoms with Crippen molar-refractivity contribution < 1.29 is 24.3 Å². The summed E-state index contributed by atoms with van der Waals surface area (Å²) in [5.74, 6) is -2.26. The van der Waals surface area contributed by atoms with E-state index in [2.05, 4.69) is 21.3 Å². The third kappa shape index (κ3) is 9.45. The van der Waals surface area contributed by atoms with E-state index in [4.69, 9.17) is 16.7 Å². The van der Waals surface area contributed by atoms with Gasteiger partial charge in [-0.05, 0) is 36.6 Å². The minimum atomic E-state index is -1.19. The van der Waals surface area contributed by atoms with E-state index < -0.39 is 36.4 Å². The maximum absolute atomic E-state index is 12.3.